The highest BCUT2D eigenvalue weighted by molar-refractivity contribution is 5.76. The van der Waals surface area contributed by atoms with Crippen molar-refractivity contribution in [2.45, 2.75) is 386 Å². The van der Waals surface area contributed by atoms with Crippen molar-refractivity contribution in [3.05, 3.63) is 24.3 Å². The molecule has 3 N–H and O–H groups in total. The summed E-state index contributed by atoms with van der Waals surface area (Å²) in [6, 6.07) is -0.543. The van der Waals surface area contributed by atoms with Crippen LogP contribution in [0.2, 0.25) is 0 Å². The number of aliphatic hydroxyl groups is 2. The molecule has 0 bridgehead atoms. The number of hydrogen-bond acceptors (Lipinski definition) is 5. The van der Waals surface area contributed by atoms with E-state index in [2.05, 4.69) is 43.5 Å². The molecule has 6 nitrogen and oxygen atoms in total. The van der Waals surface area contributed by atoms with Gasteiger partial charge in [0.05, 0.1) is 25.4 Å². The molecule has 0 heterocycles. The maximum Gasteiger partial charge on any atom is 0.305 e. The summed E-state index contributed by atoms with van der Waals surface area (Å²) in [5, 5.41) is 23.3. The van der Waals surface area contributed by atoms with Crippen LogP contribution in [-0.2, 0) is 14.3 Å². The highest BCUT2D eigenvalue weighted by atomic mass is 16.5. The normalized spacial score (nSPS) is 12.6. The third kappa shape index (κ3) is 59.6. The van der Waals surface area contributed by atoms with Gasteiger partial charge in [0.25, 0.3) is 0 Å². The number of rotatable bonds is 63. The molecule has 0 aliphatic heterocycles. The predicted molar refractivity (Wildman–Crippen MR) is 324 cm³/mol. The lowest BCUT2D eigenvalue weighted by atomic mass is 10.0. The second-order valence-corrected chi connectivity index (χ2v) is 23.1. The lowest BCUT2D eigenvalue weighted by molar-refractivity contribution is -0.143. The fraction of sp³-hybridized carbons (Fsp3) is 0.912. The third-order valence-electron chi connectivity index (χ3n) is 15.7. The summed E-state index contributed by atoms with van der Waals surface area (Å²) in [6.07, 6.45) is 79.2. The van der Waals surface area contributed by atoms with E-state index in [-0.39, 0.29) is 18.5 Å². The number of carbonyl (C=O) groups excluding carboxylic acids is 2. The summed E-state index contributed by atoms with van der Waals surface area (Å²) in [7, 11) is 0. The Hall–Kier alpha value is -1.66. The van der Waals surface area contributed by atoms with Crippen LogP contribution in [0.1, 0.15) is 373 Å². The van der Waals surface area contributed by atoms with Gasteiger partial charge in [-0.15, -0.1) is 0 Å². The van der Waals surface area contributed by atoms with E-state index in [0.29, 0.717) is 25.9 Å². The molecule has 0 rings (SSSR count). The van der Waals surface area contributed by atoms with E-state index in [1.807, 2.05) is 0 Å². The Morgan fingerprint density at radius 2 is 0.635 bits per heavy atom. The molecule has 0 aromatic rings. The zero-order valence-corrected chi connectivity index (χ0v) is 50.1. The SMILES string of the molecule is CCCCCCCC/C=C\CCCCCCCC(=O)OCCCCCCCCCCCCCC/C=C\CCCCCCCCCCCCC(=O)NC(CO)C(O)CCCCCCCCCCCCCCCCCC. The van der Waals surface area contributed by atoms with Gasteiger partial charge in [-0.1, -0.05) is 308 Å². The highest BCUT2D eigenvalue weighted by Crippen LogP contribution is 2.18. The molecule has 74 heavy (non-hydrogen) atoms. The molecule has 0 radical (unpaired) electrons. The fourth-order valence-corrected chi connectivity index (χ4v) is 10.6. The van der Waals surface area contributed by atoms with Crippen LogP contribution in [-0.4, -0.2) is 47.4 Å². The number of carbonyl (C=O) groups is 2. The first kappa shape index (κ1) is 72.3. The Kier molecular flexibility index (Phi) is 62.4. The standard InChI is InChI=1S/C68H131NO5/c1-3-5-7-9-11-13-15-17-19-33-36-40-44-48-52-56-60-66(71)65(64-70)69-67(72)61-57-53-49-45-41-37-34-30-28-26-24-22-20-21-23-25-27-29-31-35-39-43-47-51-55-59-63-74-68(73)62-58-54-50-46-42-38-32-18-16-14-12-10-8-6-4-2/h18,20,22,32,65-66,70-71H,3-17,19,21,23-31,33-64H2,1-2H3,(H,69,72)/b22-20-,32-18-. The summed E-state index contributed by atoms with van der Waals surface area (Å²) in [6.45, 7) is 4.97. The molecule has 6 heteroatoms. The summed E-state index contributed by atoms with van der Waals surface area (Å²) >= 11 is 0. The molecule has 2 unspecified atom stereocenters. The molecule has 0 spiro atoms. The summed E-state index contributed by atoms with van der Waals surface area (Å²) in [4.78, 5) is 24.6. The first-order valence-electron chi connectivity index (χ1n) is 33.6. The van der Waals surface area contributed by atoms with Gasteiger partial charge in [0.2, 0.25) is 5.91 Å². The van der Waals surface area contributed by atoms with E-state index in [0.717, 1.165) is 44.9 Å². The number of hydrogen-bond donors (Lipinski definition) is 3. The van der Waals surface area contributed by atoms with Crippen LogP contribution >= 0.6 is 0 Å². The van der Waals surface area contributed by atoms with Crippen molar-refractivity contribution in [1.29, 1.82) is 0 Å². The number of ether oxygens (including phenoxy) is 1. The number of aliphatic hydroxyl groups excluding tert-OH is 2. The van der Waals surface area contributed by atoms with Crippen LogP contribution in [0, 0.1) is 0 Å². The largest absolute Gasteiger partial charge is 0.466 e. The van der Waals surface area contributed by atoms with Crippen molar-refractivity contribution in [3.63, 3.8) is 0 Å². The fourth-order valence-electron chi connectivity index (χ4n) is 10.6. The van der Waals surface area contributed by atoms with Crippen molar-refractivity contribution in [2.75, 3.05) is 13.2 Å². The smallest absolute Gasteiger partial charge is 0.305 e. The Balaban J connectivity index is 3.38. The molecular weight excluding hydrogens is 911 g/mol. The molecular formula is C68H131NO5. The Morgan fingerprint density at radius 3 is 0.959 bits per heavy atom. The van der Waals surface area contributed by atoms with Crippen molar-refractivity contribution in [1.82, 2.24) is 5.32 Å². The van der Waals surface area contributed by atoms with E-state index in [1.54, 1.807) is 0 Å². The van der Waals surface area contributed by atoms with Crippen molar-refractivity contribution < 1.29 is 24.5 Å². The molecule has 0 aliphatic carbocycles. The first-order valence-corrected chi connectivity index (χ1v) is 33.6. The molecule has 0 fully saturated rings. The minimum atomic E-state index is -0.665. The Labute approximate surface area is 462 Å². The van der Waals surface area contributed by atoms with E-state index in [9.17, 15) is 19.8 Å². The van der Waals surface area contributed by atoms with Gasteiger partial charge in [-0.2, -0.15) is 0 Å². The minimum absolute atomic E-state index is 0.00696. The van der Waals surface area contributed by atoms with Gasteiger partial charge in [0, 0.05) is 12.8 Å². The second kappa shape index (κ2) is 63.9. The average Bonchev–Trinajstić information content (AvgIpc) is 3.40. The van der Waals surface area contributed by atoms with Crippen molar-refractivity contribution >= 4 is 11.9 Å². The van der Waals surface area contributed by atoms with Crippen LogP contribution in [0.15, 0.2) is 24.3 Å². The maximum atomic E-state index is 12.5. The van der Waals surface area contributed by atoms with Crippen molar-refractivity contribution in [3.8, 4) is 0 Å². The van der Waals surface area contributed by atoms with Crippen molar-refractivity contribution in [2.24, 2.45) is 0 Å². The molecule has 0 aromatic carbocycles. The quantitative estimate of drug-likeness (QED) is 0.0320. The van der Waals surface area contributed by atoms with Crippen LogP contribution in [0.4, 0.5) is 0 Å². The zero-order valence-electron chi connectivity index (χ0n) is 50.1. The van der Waals surface area contributed by atoms with E-state index in [1.165, 1.54) is 295 Å². The lowest BCUT2D eigenvalue weighted by Gasteiger charge is -2.22. The van der Waals surface area contributed by atoms with Gasteiger partial charge in [0.1, 0.15) is 0 Å². The molecule has 0 aromatic heterocycles. The van der Waals surface area contributed by atoms with Gasteiger partial charge in [-0.3, -0.25) is 9.59 Å². The topological polar surface area (TPSA) is 95.9 Å². The Bertz CT molecular complexity index is 1150. The molecule has 0 aliphatic rings. The maximum absolute atomic E-state index is 12.5. The van der Waals surface area contributed by atoms with E-state index in [4.69, 9.17) is 4.74 Å². The third-order valence-corrected chi connectivity index (χ3v) is 15.7. The van der Waals surface area contributed by atoms with Crippen LogP contribution < -0.4 is 5.32 Å². The van der Waals surface area contributed by atoms with Crippen LogP contribution in [0.25, 0.3) is 0 Å². The van der Waals surface area contributed by atoms with Gasteiger partial charge in [-0.25, -0.2) is 0 Å². The number of nitrogens with one attached hydrogen (secondary N) is 1. The molecule has 438 valence electrons. The number of allylic oxidation sites excluding steroid dienone is 4. The zero-order chi connectivity index (χ0) is 53.6. The predicted octanol–water partition coefficient (Wildman–Crippen LogP) is 21.4. The Morgan fingerprint density at radius 1 is 0.365 bits per heavy atom. The summed E-state index contributed by atoms with van der Waals surface area (Å²) in [5.41, 5.74) is 0. The van der Waals surface area contributed by atoms with E-state index >= 15 is 0 Å². The van der Waals surface area contributed by atoms with Gasteiger partial charge >= 0.3 is 5.97 Å². The first-order chi connectivity index (χ1) is 36.5. The molecule has 2 atom stereocenters. The van der Waals surface area contributed by atoms with Gasteiger partial charge in [-0.05, 0) is 77.0 Å². The second-order valence-electron chi connectivity index (χ2n) is 23.1. The minimum Gasteiger partial charge on any atom is -0.466 e. The molecule has 0 saturated heterocycles. The summed E-state index contributed by atoms with van der Waals surface area (Å²) < 4.78 is 5.49. The van der Waals surface area contributed by atoms with Crippen LogP contribution in [0.5, 0.6) is 0 Å². The summed E-state index contributed by atoms with van der Waals surface area (Å²) in [5.74, 6) is -0.0272. The van der Waals surface area contributed by atoms with Gasteiger partial charge in [0.15, 0.2) is 0 Å². The van der Waals surface area contributed by atoms with Gasteiger partial charge < -0.3 is 20.3 Å². The average molecular weight is 1040 g/mol. The number of unbranched alkanes of at least 4 members (excludes halogenated alkanes) is 48. The lowest BCUT2D eigenvalue weighted by Crippen LogP contribution is -2.45. The monoisotopic (exact) mass is 1040 g/mol. The van der Waals surface area contributed by atoms with Crippen LogP contribution in [0.3, 0.4) is 0 Å². The number of esters is 1. The number of amides is 1. The highest BCUT2D eigenvalue weighted by Gasteiger charge is 2.20. The molecule has 0 saturated carbocycles. The van der Waals surface area contributed by atoms with E-state index < -0.39 is 12.1 Å². The molecule has 1 amide bonds.